The van der Waals surface area contributed by atoms with Gasteiger partial charge in [-0.2, -0.15) is 5.10 Å². The molecule has 1 aliphatic rings. The lowest BCUT2D eigenvalue weighted by Gasteiger charge is -1.98. The van der Waals surface area contributed by atoms with Gasteiger partial charge in [-0.25, -0.2) is 0 Å². The molecule has 0 spiro atoms. The van der Waals surface area contributed by atoms with Crippen molar-refractivity contribution in [2.75, 3.05) is 5.32 Å². The van der Waals surface area contributed by atoms with Gasteiger partial charge in [-0.05, 0) is 42.5 Å². The van der Waals surface area contributed by atoms with Crippen molar-refractivity contribution in [1.82, 2.24) is 9.78 Å². The monoisotopic (exact) mass is 301 g/mol. The van der Waals surface area contributed by atoms with Crippen molar-refractivity contribution in [1.29, 1.82) is 0 Å². The van der Waals surface area contributed by atoms with Crippen LogP contribution < -0.4 is 5.32 Å². The van der Waals surface area contributed by atoms with Crippen LogP contribution in [0.3, 0.4) is 0 Å². The third kappa shape index (κ3) is 4.20. The Hall–Kier alpha value is -2.07. The van der Waals surface area contributed by atoms with Crippen molar-refractivity contribution in [3.63, 3.8) is 0 Å². The molecule has 1 N–H and O–H groups in total. The summed E-state index contributed by atoms with van der Waals surface area (Å²) >= 11 is 5.81. The number of amides is 1. The maximum atomic E-state index is 11.8. The summed E-state index contributed by atoms with van der Waals surface area (Å²) in [4.78, 5) is 11.8. The lowest BCUT2D eigenvalue weighted by Crippen LogP contribution is -2.07. The highest BCUT2D eigenvalue weighted by Gasteiger charge is 2.21. The number of carbonyl (C=O) groups excluding carboxylic acids is 1. The molecule has 0 unspecified atom stereocenters. The van der Waals surface area contributed by atoms with Crippen molar-refractivity contribution in [3.8, 4) is 0 Å². The van der Waals surface area contributed by atoms with Gasteiger partial charge in [0.2, 0.25) is 5.91 Å². The van der Waals surface area contributed by atoms with E-state index in [0.717, 1.165) is 23.7 Å². The molecular weight excluding hydrogens is 286 g/mol. The average molecular weight is 302 g/mol. The topological polar surface area (TPSA) is 46.9 Å². The molecular formula is C16H16ClN3O. The molecule has 0 radical (unpaired) electrons. The average Bonchev–Trinajstić information content (AvgIpc) is 3.17. The van der Waals surface area contributed by atoms with Crippen LogP contribution in [0, 0.1) is 5.92 Å². The van der Waals surface area contributed by atoms with E-state index >= 15 is 0 Å². The van der Waals surface area contributed by atoms with Crippen LogP contribution in [0.1, 0.15) is 18.4 Å². The van der Waals surface area contributed by atoms with E-state index in [0.29, 0.717) is 5.02 Å². The standard InChI is InChI=1S/C16H16ClN3O/c17-14-6-3-12(4-7-14)5-8-16(21)19-15-9-18-20(11-15)10-13-1-2-13/h3-9,11,13H,1-2,10H2,(H,19,21)/b8-5+. The number of hydrogen-bond donors (Lipinski definition) is 1. The summed E-state index contributed by atoms with van der Waals surface area (Å²) in [5.74, 6) is 0.592. The summed E-state index contributed by atoms with van der Waals surface area (Å²) in [5, 5.41) is 7.72. The summed E-state index contributed by atoms with van der Waals surface area (Å²) in [7, 11) is 0. The Kier molecular flexibility index (Phi) is 4.06. The van der Waals surface area contributed by atoms with Crippen molar-refractivity contribution in [2.45, 2.75) is 19.4 Å². The second kappa shape index (κ2) is 6.14. The molecule has 0 bridgehead atoms. The molecule has 0 saturated heterocycles. The zero-order valence-electron chi connectivity index (χ0n) is 11.5. The van der Waals surface area contributed by atoms with Crippen LogP contribution in [0.5, 0.6) is 0 Å². The van der Waals surface area contributed by atoms with E-state index in [1.807, 2.05) is 23.0 Å². The minimum atomic E-state index is -0.170. The number of carbonyl (C=O) groups is 1. The van der Waals surface area contributed by atoms with Gasteiger partial charge in [0.25, 0.3) is 0 Å². The molecule has 21 heavy (non-hydrogen) atoms. The Morgan fingerprint density at radius 2 is 2.14 bits per heavy atom. The number of hydrogen-bond acceptors (Lipinski definition) is 2. The van der Waals surface area contributed by atoms with Crippen LogP contribution in [0.4, 0.5) is 5.69 Å². The molecule has 1 fully saturated rings. The van der Waals surface area contributed by atoms with E-state index in [2.05, 4.69) is 10.4 Å². The highest BCUT2D eigenvalue weighted by atomic mass is 35.5. The zero-order valence-corrected chi connectivity index (χ0v) is 12.3. The Labute approximate surface area is 128 Å². The quantitative estimate of drug-likeness (QED) is 0.858. The normalized spacial score (nSPS) is 14.5. The third-order valence-corrected chi connectivity index (χ3v) is 3.59. The molecule has 1 amide bonds. The molecule has 1 saturated carbocycles. The number of aromatic nitrogens is 2. The molecule has 0 atom stereocenters. The largest absolute Gasteiger partial charge is 0.320 e. The fraction of sp³-hybridized carbons (Fsp3) is 0.250. The fourth-order valence-electron chi connectivity index (χ4n) is 2.02. The number of anilines is 1. The Balaban J connectivity index is 1.55. The van der Waals surface area contributed by atoms with Gasteiger partial charge >= 0.3 is 0 Å². The highest BCUT2D eigenvalue weighted by molar-refractivity contribution is 6.30. The number of rotatable bonds is 5. The molecule has 1 aromatic heterocycles. The fourth-order valence-corrected chi connectivity index (χ4v) is 2.15. The van der Waals surface area contributed by atoms with E-state index in [4.69, 9.17) is 11.6 Å². The van der Waals surface area contributed by atoms with Crippen LogP contribution >= 0.6 is 11.6 Å². The highest BCUT2D eigenvalue weighted by Crippen LogP contribution is 2.30. The summed E-state index contributed by atoms with van der Waals surface area (Å²) < 4.78 is 1.89. The first-order chi connectivity index (χ1) is 10.2. The van der Waals surface area contributed by atoms with Crippen LogP contribution in [0.25, 0.3) is 6.08 Å². The summed E-state index contributed by atoms with van der Waals surface area (Å²) in [5.41, 5.74) is 1.65. The van der Waals surface area contributed by atoms with Crippen LogP contribution in [0.2, 0.25) is 5.02 Å². The van der Waals surface area contributed by atoms with Crippen molar-refractivity contribution in [3.05, 3.63) is 53.3 Å². The summed E-state index contributed by atoms with van der Waals surface area (Å²) in [6.45, 7) is 0.941. The van der Waals surface area contributed by atoms with Crippen LogP contribution in [-0.2, 0) is 11.3 Å². The van der Waals surface area contributed by atoms with E-state index < -0.39 is 0 Å². The molecule has 1 heterocycles. The predicted octanol–water partition coefficient (Wildman–Crippen LogP) is 3.60. The van der Waals surface area contributed by atoms with E-state index in [1.54, 1.807) is 24.4 Å². The maximum Gasteiger partial charge on any atom is 0.248 e. The van der Waals surface area contributed by atoms with Crippen LogP contribution in [0.15, 0.2) is 42.7 Å². The summed E-state index contributed by atoms with van der Waals surface area (Å²) in [6.07, 6.45) is 9.36. The Morgan fingerprint density at radius 1 is 1.38 bits per heavy atom. The summed E-state index contributed by atoms with van der Waals surface area (Å²) in [6, 6.07) is 7.31. The molecule has 1 aliphatic carbocycles. The number of nitrogens with one attached hydrogen (secondary N) is 1. The van der Waals surface area contributed by atoms with E-state index in [-0.39, 0.29) is 5.91 Å². The molecule has 2 aromatic rings. The molecule has 108 valence electrons. The SMILES string of the molecule is O=C(/C=C/c1ccc(Cl)cc1)Nc1cnn(CC2CC2)c1. The van der Waals surface area contributed by atoms with Crippen LogP contribution in [-0.4, -0.2) is 15.7 Å². The molecule has 5 heteroatoms. The van der Waals surface area contributed by atoms with Gasteiger partial charge in [0.15, 0.2) is 0 Å². The second-order valence-electron chi connectivity index (χ2n) is 5.27. The first-order valence-corrected chi connectivity index (χ1v) is 7.34. The van der Waals surface area contributed by atoms with Gasteiger partial charge in [0.1, 0.15) is 0 Å². The minimum absolute atomic E-state index is 0.170. The van der Waals surface area contributed by atoms with Gasteiger partial charge < -0.3 is 5.32 Å². The smallest absolute Gasteiger partial charge is 0.248 e. The predicted molar refractivity (Wildman–Crippen MR) is 84.1 cm³/mol. The van der Waals surface area contributed by atoms with Gasteiger partial charge in [0.05, 0.1) is 11.9 Å². The van der Waals surface area contributed by atoms with E-state index in [9.17, 15) is 4.79 Å². The van der Waals surface area contributed by atoms with Crippen molar-refractivity contribution in [2.24, 2.45) is 5.92 Å². The molecule has 3 rings (SSSR count). The molecule has 1 aromatic carbocycles. The minimum Gasteiger partial charge on any atom is -0.320 e. The van der Waals surface area contributed by atoms with Gasteiger partial charge in [0, 0.05) is 23.8 Å². The van der Waals surface area contributed by atoms with Crippen molar-refractivity contribution >= 4 is 29.3 Å². The molecule has 4 nitrogen and oxygen atoms in total. The van der Waals surface area contributed by atoms with E-state index in [1.165, 1.54) is 18.9 Å². The van der Waals surface area contributed by atoms with Gasteiger partial charge in [-0.3, -0.25) is 9.48 Å². The lowest BCUT2D eigenvalue weighted by molar-refractivity contribution is -0.111. The lowest BCUT2D eigenvalue weighted by atomic mass is 10.2. The molecule has 0 aliphatic heterocycles. The zero-order chi connectivity index (χ0) is 14.7. The maximum absolute atomic E-state index is 11.8. The Morgan fingerprint density at radius 3 is 2.86 bits per heavy atom. The van der Waals surface area contributed by atoms with Gasteiger partial charge in [-0.1, -0.05) is 23.7 Å². The number of benzene rings is 1. The number of halogens is 1. The first kappa shape index (κ1) is 13.9. The second-order valence-corrected chi connectivity index (χ2v) is 5.70. The number of nitrogens with zero attached hydrogens (tertiary/aromatic N) is 2. The van der Waals surface area contributed by atoms with Gasteiger partial charge in [-0.15, -0.1) is 0 Å². The third-order valence-electron chi connectivity index (χ3n) is 3.34. The van der Waals surface area contributed by atoms with Crippen molar-refractivity contribution < 1.29 is 4.79 Å². The first-order valence-electron chi connectivity index (χ1n) is 6.96. The Bertz CT molecular complexity index is 656.